The number of aryl methyl sites for hydroxylation is 1. The molecule has 1 saturated heterocycles. The number of nitrogens with zero attached hydrogens (tertiary/aromatic N) is 4. The Balaban J connectivity index is 2.27. The minimum atomic E-state index is -0.450. The molecule has 0 aliphatic carbocycles. The van der Waals surface area contributed by atoms with Crippen molar-refractivity contribution in [3.63, 3.8) is 0 Å². The van der Waals surface area contributed by atoms with E-state index in [0.29, 0.717) is 17.7 Å². The summed E-state index contributed by atoms with van der Waals surface area (Å²) >= 11 is 0. The van der Waals surface area contributed by atoms with Gasteiger partial charge in [0.05, 0.1) is 6.54 Å². The van der Waals surface area contributed by atoms with E-state index in [0.717, 1.165) is 31.9 Å². The quantitative estimate of drug-likeness (QED) is 0.817. The first-order chi connectivity index (χ1) is 10.6. The Morgan fingerprint density at radius 2 is 1.95 bits per heavy atom. The maximum Gasteiger partial charge on any atom is 0.329 e. The lowest BCUT2D eigenvalue weighted by atomic mass is 10.1. The van der Waals surface area contributed by atoms with Gasteiger partial charge in [-0.05, 0) is 26.2 Å². The Morgan fingerprint density at radius 3 is 2.64 bits per heavy atom. The first kappa shape index (κ1) is 14.4. The van der Waals surface area contributed by atoms with Crippen LogP contribution in [-0.2, 0) is 13.6 Å². The molecule has 0 aromatic carbocycles. The zero-order chi connectivity index (χ0) is 15.7. The number of anilines is 1. The van der Waals surface area contributed by atoms with E-state index < -0.39 is 11.2 Å². The first-order valence-electron chi connectivity index (χ1n) is 7.47. The zero-order valence-corrected chi connectivity index (χ0v) is 12.8. The molecular formula is C15H19N5O2. The Labute approximate surface area is 127 Å². The summed E-state index contributed by atoms with van der Waals surface area (Å²) in [6.07, 6.45) is 3.43. The molecule has 0 saturated carbocycles. The Hall–Kier alpha value is -2.49. The van der Waals surface area contributed by atoms with Crippen molar-refractivity contribution >= 4 is 17.1 Å². The summed E-state index contributed by atoms with van der Waals surface area (Å²) in [7, 11) is 1.61. The van der Waals surface area contributed by atoms with E-state index in [1.54, 1.807) is 14.0 Å². The predicted molar refractivity (Wildman–Crippen MR) is 85.1 cm³/mol. The molecule has 1 aliphatic rings. The van der Waals surface area contributed by atoms with E-state index in [4.69, 9.17) is 0 Å². The molecule has 0 bridgehead atoms. The summed E-state index contributed by atoms with van der Waals surface area (Å²) in [6.45, 7) is 3.98. The molecule has 0 unspecified atom stereocenters. The highest BCUT2D eigenvalue weighted by Gasteiger charge is 2.22. The lowest BCUT2D eigenvalue weighted by Crippen LogP contribution is -2.32. The topological polar surface area (TPSA) is 75.9 Å². The van der Waals surface area contributed by atoms with Crippen LogP contribution in [0.3, 0.4) is 0 Å². The van der Waals surface area contributed by atoms with Crippen LogP contribution < -0.4 is 16.1 Å². The zero-order valence-electron chi connectivity index (χ0n) is 12.8. The summed E-state index contributed by atoms with van der Waals surface area (Å²) in [5.41, 5.74) is -0.0432. The lowest BCUT2D eigenvalue weighted by Gasteiger charge is -2.27. The van der Waals surface area contributed by atoms with Gasteiger partial charge in [-0.2, -0.15) is 4.98 Å². The van der Waals surface area contributed by atoms with Gasteiger partial charge in [0.2, 0.25) is 5.95 Å². The van der Waals surface area contributed by atoms with Crippen molar-refractivity contribution in [3.05, 3.63) is 20.8 Å². The van der Waals surface area contributed by atoms with E-state index in [9.17, 15) is 9.59 Å². The summed E-state index contributed by atoms with van der Waals surface area (Å²) in [5.74, 6) is 6.56. The molecule has 1 fully saturated rings. The van der Waals surface area contributed by atoms with Crippen LogP contribution in [0.15, 0.2) is 9.59 Å². The molecule has 0 amide bonds. The fraction of sp³-hybridized carbons (Fsp3) is 0.533. The number of aromatic amines is 1. The average Bonchev–Trinajstić information content (AvgIpc) is 2.91. The molecule has 1 N–H and O–H groups in total. The van der Waals surface area contributed by atoms with Gasteiger partial charge in [0, 0.05) is 20.1 Å². The van der Waals surface area contributed by atoms with Crippen LogP contribution in [0, 0.1) is 11.8 Å². The van der Waals surface area contributed by atoms with Crippen molar-refractivity contribution < 1.29 is 0 Å². The molecule has 3 rings (SSSR count). The third-order valence-electron chi connectivity index (χ3n) is 4.04. The van der Waals surface area contributed by atoms with Gasteiger partial charge in [0.1, 0.15) is 0 Å². The van der Waals surface area contributed by atoms with Gasteiger partial charge >= 0.3 is 5.69 Å². The summed E-state index contributed by atoms with van der Waals surface area (Å²) in [5, 5.41) is 0. The number of hydrogen-bond donors (Lipinski definition) is 1. The van der Waals surface area contributed by atoms with Crippen molar-refractivity contribution in [1.29, 1.82) is 0 Å². The van der Waals surface area contributed by atoms with Crippen LogP contribution in [0.5, 0.6) is 0 Å². The normalized spacial score (nSPS) is 14.9. The van der Waals surface area contributed by atoms with E-state index in [2.05, 4.69) is 26.7 Å². The highest BCUT2D eigenvalue weighted by molar-refractivity contribution is 5.74. The number of H-pyrrole nitrogens is 1. The van der Waals surface area contributed by atoms with Gasteiger partial charge in [-0.1, -0.05) is 5.92 Å². The van der Waals surface area contributed by atoms with Crippen molar-refractivity contribution in [2.24, 2.45) is 7.05 Å². The van der Waals surface area contributed by atoms with Gasteiger partial charge < -0.3 is 4.90 Å². The van der Waals surface area contributed by atoms with E-state index in [1.807, 2.05) is 4.57 Å². The molecule has 0 radical (unpaired) electrons. The van der Waals surface area contributed by atoms with Gasteiger partial charge in [0.25, 0.3) is 5.56 Å². The van der Waals surface area contributed by atoms with Crippen LogP contribution in [0.1, 0.15) is 26.2 Å². The molecule has 1 aliphatic heterocycles. The Bertz CT molecular complexity index is 871. The SMILES string of the molecule is CC#CCn1c(N2CCCCC2)nc2c1c(=O)[nH]c(=O)n2C. The summed E-state index contributed by atoms with van der Waals surface area (Å²) in [4.78, 5) is 33.1. The summed E-state index contributed by atoms with van der Waals surface area (Å²) < 4.78 is 3.19. The number of hydrogen-bond acceptors (Lipinski definition) is 4. The number of nitrogens with one attached hydrogen (secondary N) is 1. The Morgan fingerprint density at radius 1 is 1.23 bits per heavy atom. The molecule has 0 spiro atoms. The molecule has 7 heteroatoms. The fourth-order valence-corrected chi connectivity index (χ4v) is 2.87. The fourth-order valence-electron chi connectivity index (χ4n) is 2.87. The van der Waals surface area contributed by atoms with Crippen LogP contribution in [-0.4, -0.2) is 32.2 Å². The molecule has 3 heterocycles. The average molecular weight is 301 g/mol. The minimum Gasteiger partial charge on any atom is -0.342 e. The smallest absolute Gasteiger partial charge is 0.329 e. The molecule has 7 nitrogen and oxygen atoms in total. The monoisotopic (exact) mass is 301 g/mol. The van der Waals surface area contributed by atoms with Crippen LogP contribution in [0.2, 0.25) is 0 Å². The second-order valence-corrected chi connectivity index (χ2v) is 5.46. The van der Waals surface area contributed by atoms with Gasteiger partial charge in [0.15, 0.2) is 11.2 Å². The van der Waals surface area contributed by atoms with Crippen molar-refractivity contribution in [2.75, 3.05) is 18.0 Å². The van der Waals surface area contributed by atoms with Crippen molar-refractivity contribution in [1.82, 2.24) is 19.1 Å². The molecule has 2 aromatic heterocycles. The van der Waals surface area contributed by atoms with Crippen LogP contribution >= 0.6 is 0 Å². The first-order valence-corrected chi connectivity index (χ1v) is 7.47. The number of imidazole rings is 1. The molecule has 22 heavy (non-hydrogen) atoms. The van der Waals surface area contributed by atoms with Crippen LogP contribution in [0.25, 0.3) is 11.2 Å². The number of aromatic nitrogens is 4. The van der Waals surface area contributed by atoms with Gasteiger partial charge in [-0.3, -0.25) is 18.9 Å². The number of rotatable bonds is 2. The maximum absolute atomic E-state index is 12.2. The predicted octanol–water partition coefficient (Wildman–Crippen LogP) is 0.437. The number of fused-ring (bicyclic) bond motifs is 1. The Kier molecular flexibility index (Phi) is 3.75. The maximum atomic E-state index is 12.2. The van der Waals surface area contributed by atoms with E-state index >= 15 is 0 Å². The number of piperidine rings is 1. The highest BCUT2D eigenvalue weighted by Crippen LogP contribution is 2.22. The second-order valence-electron chi connectivity index (χ2n) is 5.46. The second kappa shape index (κ2) is 5.72. The van der Waals surface area contributed by atoms with E-state index in [1.165, 1.54) is 11.0 Å². The third-order valence-corrected chi connectivity index (χ3v) is 4.04. The molecular weight excluding hydrogens is 282 g/mol. The van der Waals surface area contributed by atoms with Crippen LogP contribution in [0.4, 0.5) is 5.95 Å². The largest absolute Gasteiger partial charge is 0.342 e. The van der Waals surface area contributed by atoms with Crippen molar-refractivity contribution in [2.45, 2.75) is 32.7 Å². The van der Waals surface area contributed by atoms with Crippen molar-refractivity contribution in [3.8, 4) is 11.8 Å². The highest BCUT2D eigenvalue weighted by atomic mass is 16.2. The molecule has 0 atom stereocenters. The molecule has 2 aromatic rings. The third kappa shape index (κ3) is 2.30. The standard InChI is InChI=1S/C15H19N5O2/c1-3-4-10-20-11-12(18(2)15(22)17-13(11)21)16-14(20)19-8-6-5-7-9-19/h5-10H2,1-2H3,(H,17,21,22). The van der Waals surface area contributed by atoms with Gasteiger partial charge in [-0.15, -0.1) is 5.92 Å². The summed E-state index contributed by atoms with van der Waals surface area (Å²) in [6, 6.07) is 0. The van der Waals surface area contributed by atoms with E-state index in [-0.39, 0.29) is 0 Å². The lowest BCUT2D eigenvalue weighted by molar-refractivity contribution is 0.561. The van der Waals surface area contributed by atoms with Gasteiger partial charge in [-0.25, -0.2) is 4.79 Å². The molecule has 116 valence electrons. The minimum absolute atomic E-state index is 0.389.